The normalized spacial score (nSPS) is 11.5. The van der Waals surface area contributed by atoms with E-state index in [-0.39, 0.29) is 16.7 Å². The number of halogens is 1. The van der Waals surface area contributed by atoms with Crippen molar-refractivity contribution in [2.45, 2.75) is 11.9 Å². The second kappa shape index (κ2) is 4.02. The lowest BCUT2D eigenvalue weighted by Crippen LogP contribution is -2.10. The molecule has 0 aliphatic rings. The minimum absolute atomic E-state index is 0.0423. The van der Waals surface area contributed by atoms with Crippen molar-refractivity contribution in [2.24, 2.45) is 0 Å². The maximum absolute atomic E-state index is 11.4. The molecule has 0 aliphatic heterocycles. The molecule has 0 aliphatic carbocycles. The Hall–Kier alpha value is -0.680. The molecule has 13 heavy (non-hydrogen) atoms. The van der Waals surface area contributed by atoms with E-state index >= 15 is 0 Å². The Balaban J connectivity index is 3.08. The number of nitrogens with zero attached hydrogens (tertiary/aromatic N) is 2. The van der Waals surface area contributed by atoms with E-state index in [0.717, 1.165) is 0 Å². The third-order valence-electron chi connectivity index (χ3n) is 1.44. The van der Waals surface area contributed by atoms with Crippen LogP contribution in [0.5, 0.6) is 0 Å². The number of hydrogen-bond donors (Lipinski definition) is 0. The van der Waals surface area contributed by atoms with Gasteiger partial charge in [-0.1, -0.05) is 0 Å². The highest BCUT2D eigenvalue weighted by Gasteiger charge is 2.14. The van der Waals surface area contributed by atoms with Crippen LogP contribution < -0.4 is 0 Å². The first-order valence-electron chi connectivity index (χ1n) is 3.63. The molecule has 0 fully saturated rings. The van der Waals surface area contributed by atoms with E-state index in [9.17, 15) is 8.42 Å². The monoisotopic (exact) mass is 220 g/mol. The molecule has 1 aromatic heterocycles. The lowest BCUT2D eigenvalue weighted by molar-refractivity contribution is 0.593. The van der Waals surface area contributed by atoms with Gasteiger partial charge in [0.25, 0.3) is 0 Å². The first-order chi connectivity index (χ1) is 6.06. The van der Waals surface area contributed by atoms with Gasteiger partial charge in [0.2, 0.25) is 0 Å². The third kappa shape index (κ3) is 2.63. The number of sulfone groups is 1. The van der Waals surface area contributed by atoms with Crippen LogP contribution in [-0.2, 0) is 9.84 Å². The van der Waals surface area contributed by atoms with Gasteiger partial charge in [0.05, 0.1) is 5.75 Å². The van der Waals surface area contributed by atoms with Crippen LogP contribution in [0.15, 0.2) is 17.4 Å². The molecular weight excluding hydrogens is 212 g/mol. The van der Waals surface area contributed by atoms with E-state index in [4.69, 9.17) is 11.6 Å². The fraction of sp³-hybridized carbons (Fsp3) is 0.429. The van der Waals surface area contributed by atoms with E-state index in [0.29, 0.717) is 5.69 Å². The van der Waals surface area contributed by atoms with Crippen molar-refractivity contribution < 1.29 is 8.42 Å². The molecule has 72 valence electrons. The van der Waals surface area contributed by atoms with Crippen molar-refractivity contribution in [1.82, 2.24) is 9.97 Å². The van der Waals surface area contributed by atoms with Gasteiger partial charge in [-0.3, -0.25) is 0 Å². The van der Waals surface area contributed by atoms with Gasteiger partial charge in [-0.2, -0.15) is 0 Å². The SMILES string of the molecule is Cc1cc(S(=O)(=O)CCCl)ncn1. The van der Waals surface area contributed by atoms with Crippen LogP contribution in [0.3, 0.4) is 0 Å². The topological polar surface area (TPSA) is 59.9 Å². The van der Waals surface area contributed by atoms with Crippen molar-refractivity contribution in [3.8, 4) is 0 Å². The molecule has 1 heterocycles. The summed E-state index contributed by atoms with van der Waals surface area (Å²) in [7, 11) is -3.32. The van der Waals surface area contributed by atoms with E-state index < -0.39 is 9.84 Å². The molecular formula is C7H9ClN2O2S. The van der Waals surface area contributed by atoms with E-state index in [1.54, 1.807) is 6.92 Å². The second-order valence-electron chi connectivity index (χ2n) is 2.51. The minimum atomic E-state index is -3.32. The van der Waals surface area contributed by atoms with Gasteiger partial charge in [-0.25, -0.2) is 18.4 Å². The maximum atomic E-state index is 11.4. The van der Waals surface area contributed by atoms with Gasteiger partial charge in [0.1, 0.15) is 6.33 Å². The first kappa shape index (κ1) is 10.4. The zero-order valence-electron chi connectivity index (χ0n) is 7.07. The molecule has 0 saturated heterocycles. The zero-order chi connectivity index (χ0) is 9.90. The summed E-state index contributed by atoms with van der Waals surface area (Å²) in [5.74, 6) is -0.0175. The fourth-order valence-electron chi connectivity index (χ4n) is 0.806. The summed E-state index contributed by atoms with van der Waals surface area (Å²) in [5.41, 5.74) is 0.628. The van der Waals surface area contributed by atoms with Crippen LogP contribution in [0.2, 0.25) is 0 Å². The number of aromatic nitrogens is 2. The van der Waals surface area contributed by atoms with E-state index in [1.165, 1.54) is 12.4 Å². The molecule has 1 aromatic rings. The van der Waals surface area contributed by atoms with Crippen LogP contribution in [0.25, 0.3) is 0 Å². The van der Waals surface area contributed by atoms with Gasteiger partial charge < -0.3 is 0 Å². The van der Waals surface area contributed by atoms with Crippen LogP contribution in [0.4, 0.5) is 0 Å². The summed E-state index contributed by atoms with van der Waals surface area (Å²) in [4.78, 5) is 7.48. The molecule has 0 bridgehead atoms. The average molecular weight is 221 g/mol. The van der Waals surface area contributed by atoms with Gasteiger partial charge in [-0.05, 0) is 13.0 Å². The summed E-state index contributed by atoms with van der Waals surface area (Å²) >= 11 is 5.35. The Morgan fingerprint density at radius 3 is 2.69 bits per heavy atom. The van der Waals surface area contributed by atoms with Crippen molar-refractivity contribution in [3.63, 3.8) is 0 Å². The quantitative estimate of drug-likeness (QED) is 0.559. The Bertz CT molecular complexity index is 391. The van der Waals surface area contributed by atoms with Gasteiger partial charge in [-0.15, -0.1) is 11.6 Å². The minimum Gasteiger partial charge on any atom is -0.242 e. The van der Waals surface area contributed by atoms with Crippen LogP contribution in [-0.4, -0.2) is 30.0 Å². The van der Waals surface area contributed by atoms with Gasteiger partial charge >= 0.3 is 0 Å². The summed E-state index contributed by atoms with van der Waals surface area (Å²) < 4.78 is 22.8. The summed E-state index contributed by atoms with van der Waals surface area (Å²) in [6.07, 6.45) is 1.23. The van der Waals surface area contributed by atoms with Crippen LogP contribution in [0.1, 0.15) is 5.69 Å². The number of rotatable bonds is 3. The highest BCUT2D eigenvalue weighted by Crippen LogP contribution is 2.07. The third-order valence-corrected chi connectivity index (χ3v) is 3.46. The smallest absolute Gasteiger partial charge is 0.196 e. The van der Waals surface area contributed by atoms with Crippen molar-refractivity contribution >= 4 is 21.4 Å². The van der Waals surface area contributed by atoms with Crippen molar-refractivity contribution in [2.75, 3.05) is 11.6 Å². The highest BCUT2D eigenvalue weighted by molar-refractivity contribution is 7.91. The van der Waals surface area contributed by atoms with Gasteiger partial charge in [0.15, 0.2) is 14.9 Å². The predicted octanol–water partition coefficient (Wildman–Crippen LogP) is 0.798. The Kier molecular flexibility index (Phi) is 3.22. The second-order valence-corrected chi connectivity index (χ2v) is 4.94. The number of aryl methyl sites for hydroxylation is 1. The number of alkyl halides is 1. The maximum Gasteiger partial charge on any atom is 0.196 e. The van der Waals surface area contributed by atoms with E-state index in [2.05, 4.69) is 9.97 Å². The standard InChI is InChI=1S/C7H9ClN2O2S/c1-6-4-7(10-5-9-6)13(11,12)3-2-8/h4-5H,2-3H2,1H3. The van der Waals surface area contributed by atoms with E-state index in [1.807, 2.05) is 0 Å². The fourth-order valence-corrected chi connectivity index (χ4v) is 2.39. The molecule has 1 rings (SSSR count). The molecule has 0 saturated carbocycles. The first-order valence-corrected chi connectivity index (χ1v) is 5.82. The molecule has 0 unspecified atom stereocenters. The van der Waals surface area contributed by atoms with Crippen molar-refractivity contribution in [3.05, 3.63) is 18.1 Å². The van der Waals surface area contributed by atoms with Crippen molar-refractivity contribution in [1.29, 1.82) is 0 Å². The molecule has 6 heteroatoms. The molecule has 0 amide bonds. The predicted molar refractivity (Wildman–Crippen MR) is 49.5 cm³/mol. The Morgan fingerprint density at radius 1 is 1.46 bits per heavy atom. The average Bonchev–Trinajstić information content (AvgIpc) is 2.04. The Labute approximate surface area is 81.9 Å². The largest absolute Gasteiger partial charge is 0.242 e. The van der Waals surface area contributed by atoms with Crippen LogP contribution in [0, 0.1) is 6.92 Å². The molecule has 0 N–H and O–H groups in total. The van der Waals surface area contributed by atoms with Gasteiger partial charge in [0, 0.05) is 11.6 Å². The van der Waals surface area contributed by atoms with Crippen LogP contribution >= 0.6 is 11.6 Å². The highest BCUT2D eigenvalue weighted by atomic mass is 35.5. The Morgan fingerprint density at radius 2 is 2.15 bits per heavy atom. The molecule has 0 spiro atoms. The number of hydrogen-bond acceptors (Lipinski definition) is 4. The summed E-state index contributed by atoms with van der Waals surface area (Å²) in [5, 5.41) is 0.0423. The molecule has 0 atom stereocenters. The lowest BCUT2D eigenvalue weighted by atomic mass is 10.5. The summed E-state index contributed by atoms with van der Waals surface area (Å²) in [6.45, 7) is 1.71. The molecule has 4 nitrogen and oxygen atoms in total. The summed E-state index contributed by atoms with van der Waals surface area (Å²) in [6, 6.07) is 1.43. The molecule has 0 radical (unpaired) electrons. The lowest BCUT2D eigenvalue weighted by Gasteiger charge is -2.00. The zero-order valence-corrected chi connectivity index (χ0v) is 8.64. The molecule has 0 aromatic carbocycles.